The fourth-order valence-electron chi connectivity index (χ4n) is 0.825. The van der Waals surface area contributed by atoms with Crippen LogP contribution in [0.15, 0.2) is 30.3 Å². The number of anilines is 1. The number of nitrogens with one attached hydrogen (secondary N) is 2. The molecular formula is C11H20N2. The van der Waals surface area contributed by atoms with Gasteiger partial charge in [-0.25, -0.2) is 0 Å². The topological polar surface area (TPSA) is 24.1 Å². The van der Waals surface area contributed by atoms with Crippen molar-refractivity contribution >= 4 is 5.69 Å². The largest absolute Gasteiger partial charge is 0.385 e. The Morgan fingerprint density at radius 1 is 1.08 bits per heavy atom. The number of benzene rings is 1. The van der Waals surface area contributed by atoms with Gasteiger partial charge in [0, 0.05) is 12.2 Å². The Morgan fingerprint density at radius 2 is 1.62 bits per heavy atom. The van der Waals surface area contributed by atoms with Gasteiger partial charge in [0.05, 0.1) is 0 Å². The molecule has 0 radical (unpaired) electrons. The number of para-hydroxylation sites is 1. The highest BCUT2D eigenvalue weighted by atomic mass is 14.9. The summed E-state index contributed by atoms with van der Waals surface area (Å²) in [6.45, 7) is 3.22. The first-order chi connectivity index (χ1) is 6.35. The van der Waals surface area contributed by atoms with Gasteiger partial charge in [-0.15, -0.1) is 0 Å². The molecule has 0 bridgehead atoms. The van der Waals surface area contributed by atoms with Gasteiger partial charge in [0.25, 0.3) is 0 Å². The zero-order chi connectivity index (χ0) is 9.94. The van der Waals surface area contributed by atoms with E-state index in [9.17, 15) is 0 Å². The fourth-order valence-corrected chi connectivity index (χ4v) is 0.825. The van der Waals surface area contributed by atoms with E-state index < -0.39 is 0 Å². The van der Waals surface area contributed by atoms with Crippen molar-refractivity contribution in [3.05, 3.63) is 30.3 Å². The molecule has 0 aliphatic heterocycles. The number of hydrogen-bond donors (Lipinski definition) is 2. The summed E-state index contributed by atoms with van der Waals surface area (Å²) in [5.74, 6) is 0. The highest BCUT2D eigenvalue weighted by Crippen LogP contribution is 2.03. The van der Waals surface area contributed by atoms with Gasteiger partial charge in [0.1, 0.15) is 0 Å². The summed E-state index contributed by atoms with van der Waals surface area (Å²) < 4.78 is 0. The zero-order valence-corrected chi connectivity index (χ0v) is 8.80. The third kappa shape index (κ3) is 7.34. The second-order valence-corrected chi connectivity index (χ2v) is 2.79. The molecule has 1 rings (SSSR count). The molecule has 0 aliphatic rings. The molecule has 0 fully saturated rings. The molecular weight excluding hydrogens is 160 g/mol. The molecule has 13 heavy (non-hydrogen) atoms. The van der Waals surface area contributed by atoms with Gasteiger partial charge < -0.3 is 10.6 Å². The van der Waals surface area contributed by atoms with E-state index in [0.717, 1.165) is 6.54 Å². The minimum absolute atomic E-state index is 1.06. The van der Waals surface area contributed by atoms with Crippen molar-refractivity contribution in [3.8, 4) is 0 Å². The molecule has 0 atom stereocenters. The Bertz CT molecular complexity index is 185. The highest BCUT2D eigenvalue weighted by Gasteiger charge is 1.84. The van der Waals surface area contributed by atoms with Crippen molar-refractivity contribution < 1.29 is 0 Å². The standard InChI is InChI=1S/C9H13N.C2H7N/c1-2-8-10-9-6-4-3-5-7-9;1-3-2/h3-7,10H,2,8H2,1H3;3H,1-2H3. The summed E-state index contributed by atoms with van der Waals surface area (Å²) >= 11 is 0. The Balaban J connectivity index is 0.000000424. The quantitative estimate of drug-likeness (QED) is 0.746. The maximum Gasteiger partial charge on any atom is 0.0340 e. The maximum atomic E-state index is 3.29. The van der Waals surface area contributed by atoms with Gasteiger partial charge in [0.15, 0.2) is 0 Å². The lowest BCUT2D eigenvalue weighted by Gasteiger charge is -2.01. The summed E-state index contributed by atoms with van der Waals surface area (Å²) in [4.78, 5) is 0. The predicted molar refractivity (Wildman–Crippen MR) is 60.2 cm³/mol. The van der Waals surface area contributed by atoms with Crippen molar-refractivity contribution in [1.29, 1.82) is 0 Å². The van der Waals surface area contributed by atoms with E-state index in [4.69, 9.17) is 0 Å². The molecule has 1 aromatic rings. The monoisotopic (exact) mass is 180 g/mol. The molecule has 0 aliphatic carbocycles. The highest BCUT2D eigenvalue weighted by molar-refractivity contribution is 5.42. The van der Waals surface area contributed by atoms with E-state index >= 15 is 0 Å². The molecule has 0 saturated carbocycles. The van der Waals surface area contributed by atoms with Gasteiger partial charge in [-0.3, -0.25) is 0 Å². The minimum atomic E-state index is 1.06. The summed E-state index contributed by atoms with van der Waals surface area (Å²) in [7, 11) is 3.75. The lowest BCUT2D eigenvalue weighted by Crippen LogP contribution is -1.98. The summed E-state index contributed by atoms with van der Waals surface area (Å²) in [5.41, 5.74) is 1.21. The second kappa shape index (κ2) is 9.07. The minimum Gasteiger partial charge on any atom is -0.385 e. The molecule has 2 nitrogen and oxygen atoms in total. The summed E-state index contributed by atoms with van der Waals surface area (Å²) in [6.07, 6.45) is 1.18. The molecule has 0 unspecified atom stereocenters. The third-order valence-electron chi connectivity index (χ3n) is 1.35. The van der Waals surface area contributed by atoms with E-state index in [2.05, 4.69) is 29.7 Å². The van der Waals surface area contributed by atoms with Crippen LogP contribution in [0.5, 0.6) is 0 Å². The van der Waals surface area contributed by atoms with Crippen LogP contribution in [-0.2, 0) is 0 Å². The van der Waals surface area contributed by atoms with Crippen molar-refractivity contribution in [3.63, 3.8) is 0 Å². The lowest BCUT2D eigenvalue weighted by atomic mass is 10.3. The van der Waals surface area contributed by atoms with Crippen LogP contribution in [0.25, 0.3) is 0 Å². The zero-order valence-electron chi connectivity index (χ0n) is 8.80. The van der Waals surface area contributed by atoms with Gasteiger partial charge in [-0.2, -0.15) is 0 Å². The average molecular weight is 180 g/mol. The van der Waals surface area contributed by atoms with E-state index in [0.29, 0.717) is 0 Å². The van der Waals surface area contributed by atoms with Crippen LogP contribution >= 0.6 is 0 Å². The lowest BCUT2D eigenvalue weighted by molar-refractivity contribution is 0.980. The predicted octanol–water partition coefficient (Wildman–Crippen LogP) is 2.34. The molecule has 0 aromatic heterocycles. The normalized spacial score (nSPS) is 8.54. The molecule has 0 amide bonds. The van der Waals surface area contributed by atoms with Crippen LogP contribution in [0.2, 0.25) is 0 Å². The number of hydrogen-bond acceptors (Lipinski definition) is 2. The van der Waals surface area contributed by atoms with Crippen molar-refractivity contribution in [2.45, 2.75) is 13.3 Å². The van der Waals surface area contributed by atoms with Crippen molar-refractivity contribution in [2.24, 2.45) is 0 Å². The van der Waals surface area contributed by atoms with Crippen LogP contribution in [0, 0.1) is 0 Å². The van der Waals surface area contributed by atoms with Crippen molar-refractivity contribution in [2.75, 3.05) is 26.0 Å². The molecule has 0 spiro atoms. The van der Waals surface area contributed by atoms with Gasteiger partial charge in [-0.05, 0) is 32.6 Å². The van der Waals surface area contributed by atoms with Crippen LogP contribution in [0.1, 0.15) is 13.3 Å². The molecule has 74 valence electrons. The van der Waals surface area contributed by atoms with Gasteiger partial charge in [0.2, 0.25) is 0 Å². The van der Waals surface area contributed by atoms with E-state index in [1.165, 1.54) is 12.1 Å². The second-order valence-electron chi connectivity index (χ2n) is 2.79. The molecule has 1 aromatic carbocycles. The Labute approximate surface area is 81.4 Å². The Kier molecular flexibility index (Phi) is 8.36. The summed E-state index contributed by atoms with van der Waals surface area (Å²) in [6, 6.07) is 10.3. The average Bonchev–Trinajstić information content (AvgIpc) is 2.18. The van der Waals surface area contributed by atoms with Gasteiger partial charge in [-0.1, -0.05) is 25.1 Å². The first-order valence-electron chi connectivity index (χ1n) is 4.72. The van der Waals surface area contributed by atoms with Crippen LogP contribution in [0.4, 0.5) is 5.69 Å². The van der Waals surface area contributed by atoms with Crippen LogP contribution < -0.4 is 10.6 Å². The molecule has 2 N–H and O–H groups in total. The molecule has 0 heterocycles. The first-order valence-corrected chi connectivity index (χ1v) is 4.72. The molecule has 0 saturated heterocycles. The van der Waals surface area contributed by atoms with Crippen LogP contribution in [0.3, 0.4) is 0 Å². The van der Waals surface area contributed by atoms with E-state index in [1.54, 1.807) is 0 Å². The summed E-state index contributed by atoms with van der Waals surface area (Å²) in [5, 5.41) is 6.04. The van der Waals surface area contributed by atoms with Crippen LogP contribution in [-0.4, -0.2) is 20.6 Å². The van der Waals surface area contributed by atoms with E-state index in [-0.39, 0.29) is 0 Å². The third-order valence-corrected chi connectivity index (χ3v) is 1.35. The SMILES string of the molecule is CCCNc1ccccc1.CNC. The van der Waals surface area contributed by atoms with Gasteiger partial charge >= 0.3 is 0 Å². The fraction of sp³-hybridized carbons (Fsp3) is 0.455. The Hall–Kier alpha value is -1.02. The maximum absolute atomic E-state index is 3.29. The molecule has 2 heteroatoms. The van der Waals surface area contributed by atoms with E-state index in [1.807, 2.05) is 32.3 Å². The number of rotatable bonds is 3. The Morgan fingerprint density at radius 3 is 2.08 bits per heavy atom. The van der Waals surface area contributed by atoms with Crippen molar-refractivity contribution in [1.82, 2.24) is 5.32 Å². The first kappa shape index (κ1) is 12.0. The smallest absolute Gasteiger partial charge is 0.0340 e.